The Labute approximate surface area is 129 Å². The number of nitrogens with zero attached hydrogens (tertiary/aromatic N) is 2. The van der Waals surface area contributed by atoms with Crippen molar-refractivity contribution >= 4 is 29.0 Å². The van der Waals surface area contributed by atoms with E-state index in [1.54, 1.807) is 6.07 Å². The van der Waals surface area contributed by atoms with E-state index in [1.165, 1.54) is 0 Å². The molecule has 0 spiro atoms. The van der Waals surface area contributed by atoms with Crippen LogP contribution in [0.3, 0.4) is 0 Å². The molecule has 2 aromatic rings. The van der Waals surface area contributed by atoms with E-state index in [9.17, 15) is 0 Å². The second kappa shape index (κ2) is 5.58. The molecule has 1 aromatic heterocycles. The molecule has 2 rings (SSSR count). The second-order valence-electron chi connectivity index (χ2n) is 5.62. The third-order valence-electron chi connectivity index (χ3n) is 2.87. The zero-order valence-electron chi connectivity index (χ0n) is 12.0. The molecular weight excluding hydrogens is 293 g/mol. The Bertz CT molecular complexity index is 613. The molecule has 0 aliphatic heterocycles. The predicted molar refractivity (Wildman–Crippen MR) is 85.7 cm³/mol. The van der Waals surface area contributed by atoms with Crippen LogP contribution < -0.4 is 5.32 Å². The largest absolute Gasteiger partial charge is 0.373 e. The van der Waals surface area contributed by atoms with Crippen LogP contribution in [0.1, 0.15) is 26.5 Å². The molecule has 0 unspecified atom stereocenters. The van der Waals surface area contributed by atoms with Crippen molar-refractivity contribution in [1.82, 2.24) is 9.97 Å². The Morgan fingerprint density at radius 1 is 0.950 bits per heavy atom. The van der Waals surface area contributed by atoms with E-state index in [1.807, 2.05) is 25.2 Å². The number of anilines is 1. The first-order valence-electron chi connectivity index (χ1n) is 6.33. The molecular formula is C15H17Cl2N3. The lowest BCUT2D eigenvalue weighted by Crippen LogP contribution is -2.15. The average molecular weight is 310 g/mol. The summed E-state index contributed by atoms with van der Waals surface area (Å²) in [4.78, 5) is 9.12. The average Bonchev–Trinajstić information content (AvgIpc) is 2.36. The minimum absolute atomic E-state index is 0.0638. The van der Waals surface area contributed by atoms with Crippen molar-refractivity contribution < 1.29 is 0 Å². The summed E-state index contributed by atoms with van der Waals surface area (Å²) >= 11 is 12.1. The van der Waals surface area contributed by atoms with Crippen molar-refractivity contribution in [3.05, 3.63) is 40.0 Å². The minimum atomic E-state index is -0.0638. The van der Waals surface area contributed by atoms with Gasteiger partial charge in [0.1, 0.15) is 5.82 Å². The molecule has 106 valence electrons. The van der Waals surface area contributed by atoms with Crippen molar-refractivity contribution in [2.45, 2.75) is 26.2 Å². The Kier molecular flexibility index (Phi) is 4.21. The summed E-state index contributed by atoms with van der Waals surface area (Å²) in [6.07, 6.45) is 0. The van der Waals surface area contributed by atoms with Gasteiger partial charge in [0.05, 0.1) is 5.69 Å². The number of nitrogens with one attached hydrogen (secondary N) is 1. The molecule has 1 N–H and O–H groups in total. The SMILES string of the molecule is CNc1cc(C(C)(C)C)nc(-c2cc(Cl)cc(Cl)c2)n1. The number of hydrogen-bond donors (Lipinski definition) is 1. The lowest BCUT2D eigenvalue weighted by Gasteiger charge is -2.19. The first-order chi connectivity index (χ1) is 9.29. The zero-order valence-corrected chi connectivity index (χ0v) is 13.5. The lowest BCUT2D eigenvalue weighted by molar-refractivity contribution is 0.568. The lowest BCUT2D eigenvalue weighted by atomic mass is 9.92. The standard InChI is InChI=1S/C15H17Cl2N3/c1-15(2,3)12-8-13(18-4)20-14(19-12)9-5-10(16)7-11(17)6-9/h5-8H,1-4H3,(H,18,19,20). The summed E-state index contributed by atoms with van der Waals surface area (Å²) in [5.41, 5.74) is 1.71. The van der Waals surface area contributed by atoms with Crippen molar-refractivity contribution in [1.29, 1.82) is 0 Å². The molecule has 20 heavy (non-hydrogen) atoms. The number of halogens is 2. The van der Waals surface area contributed by atoms with E-state index in [4.69, 9.17) is 23.2 Å². The quantitative estimate of drug-likeness (QED) is 0.866. The highest BCUT2D eigenvalue weighted by atomic mass is 35.5. The van der Waals surface area contributed by atoms with Crippen LogP contribution in [0.4, 0.5) is 5.82 Å². The van der Waals surface area contributed by atoms with E-state index >= 15 is 0 Å². The molecule has 0 aliphatic rings. The normalized spacial score (nSPS) is 11.5. The van der Waals surface area contributed by atoms with Crippen LogP contribution in [-0.4, -0.2) is 17.0 Å². The maximum atomic E-state index is 6.05. The summed E-state index contributed by atoms with van der Waals surface area (Å²) in [6, 6.07) is 7.28. The van der Waals surface area contributed by atoms with Gasteiger partial charge in [-0.2, -0.15) is 0 Å². The van der Waals surface area contributed by atoms with E-state index < -0.39 is 0 Å². The molecule has 0 saturated heterocycles. The summed E-state index contributed by atoms with van der Waals surface area (Å²) < 4.78 is 0. The van der Waals surface area contributed by atoms with Gasteiger partial charge in [-0.1, -0.05) is 44.0 Å². The molecule has 0 fully saturated rings. The highest BCUT2D eigenvalue weighted by molar-refractivity contribution is 6.35. The van der Waals surface area contributed by atoms with Crippen molar-refractivity contribution in [3.8, 4) is 11.4 Å². The summed E-state index contributed by atoms with van der Waals surface area (Å²) in [5, 5.41) is 4.21. The van der Waals surface area contributed by atoms with Gasteiger partial charge in [-0.25, -0.2) is 9.97 Å². The van der Waals surface area contributed by atoms with Crippen LogP contribution in [0.5, 0.6) is 0 Å². The smallest absolute Gasteiger partial charge is 0.161 e. The van der Waals surface area contributed by atoms with Crippen LogP contribution in [0.25, 0.3) is 11.4 Å². The highest BCUT2D eigenvalue weighted by Gasteiger charge is 2.18. The van der Waals surface area contributed by atoms with Crippen molar-refractivity contribution in [2.24, 2.45) is 0 Å². The Hall–Kier alpha value is -1.32. The molecule has 3 nitrogen and oxygen atoms in total. The van der Waals surface area contributed by atoms with Gasteiger partial charge < -0.3 is 5.32 Å². The predicted octanol–water partition coefficient (Wildman–Crippen LogP) is 4.79. The fourth-order valence-electron chi connectivity index (χ4n) is 1.77. The summed E-state index contributed by atoms with van der Waals surface area (Å²) in [5.74, 6) is 1.39. The van der Waals surface area contributed by atoms with Crippen LogP contribution >= 0.6 is 23.2 Å². The van der Waals surface area contributed by atoms with Gasteiger partial charge in [0.15, 0.2) is 5.82 Å². The third kappa shape index (κ3) is 3.41. The molecule has 0 bridgehead atoms. The molecule has 0 radical (unpaired) electrons. The van der Waals surface area contributed by atoms with Gasteiger partial charge in [-0.3, -0.25) is 0 Å². The van der Waals surface area contributed by atoms with Gasteiger partial charge >= 0.3 is 0 Å². The van der Waals surface area contributed by atoms with Crippen molar-refractivity contribution in [2.75, 3.05) is 12.4 Å². The van der Waals surface area contributed by atoms with Crippen molar-refractivity contribution in [3.63, 3.8) is 0 Å². The minimum Gasteiger partial charge on any atom is -0.373 e. The second-order valence-corrected chi connectivity index (χ2v) is 6.49. The molecule has 5 heteroatoms. The Balaban J connectivity index is 2.61. The summed E-state index contributed by atoms with van der Waals surface area (Å²) in [7, 11) is 1.84. The van der Waals surface area contributed by atoms with E-state index in [-0.39, 0.29) is 5.41 Å². The van der Waals surface area contributed by atoms with Crippen LogP contribution in [-0.2, 0) is 5.41 Å². The molecule has 0 saturated carbocycles. The molecule has 0 amide bonds. The van der Waals surface area contributed by atoms with Gasteiger partial charge in [0, 0.05) is 34.1 Å². The number of hydrogen-bond acceptors (Lipinski definition) is 3. The van der Waals surface area contributed by atoms with Gasteiger partial charge in [0.2, 0.25) is 0 Å². The molecule has 1 heterocycles. The van der Waals surface area contributed by atoms with E-state index in [0.717, 1.165) is 17.1 Å². The molecule has 0 atom stereocenters. The fraction of sp³-hybridized carbons (Fsp3) is 0.333. The number of rotatable bonds is 2. The number of benzene rings is 1. The monoisotopic (exact) mass is 309 g/mol. The zero-order chi connectivity index (χ0) is 14.9. The first-order valence-corrected chi connectivity index (χ1v) is 7.09. The first kappa shape index (κ1) is 15.1. The molecule has 0 aliphatic carbocycles. The van der Waals surface area contributed by atoms with Gasteiger partial charge in [0.25, 0.3) is 0 Å². The Morgan fingerprint density at radius 3 is 2.05 bits per heavy atom. The van der Waals surface area contributed by atoms with E-state index in [2.05, 4.69) is 36.1 Å². The van der Waals surface area contributed by atoms with Gasteiger partial charge in [-0.05, 0) is 18.2 Å². The van der Waals surface area contributed by atoms with E-state index in [0.29, 0.717) is 15.9 Å². The van der Waals surface area contributed by atoms with Gasteiger partial charge in [-0.15, -0.1) is 0 Å². The maximum Gasteiger partial charge on any atom is 0.161 e. The van der Waals surface area contributed by atoms with Crippen LogP contribution in [0.15, 0.2) is 24.3 Å². The highest BCUT2D eigenvalue weighted by Crippen LogP contribution is 2.28. The molecule has 1 aromatic carbocycles. The van der Waals surface area contributed by atoms with Crippen LogP contribution in [0, 0.1) is 0 Å². The Morgan fingerprint density at radius 2 is 1.55 bits per heavy atom. The third-order valence-corrected chi connectivity index (χ3v) is 3.31. The van der Waals surface area contributed by atoms with Crippen LogP contribution in [0.2, 0.25) is 10.0 Å². The summed E-state index contributed by atoms with van der Waals surface area (Å²) in [6.45, 7) is 6.34. The fourth-order valence-corrected chi connectivity index (χ4v) is 2.30. The maximum absolute atomic E-state index is 6.05. The number of aromatic nitrogens is 2. The topological polar surface area (TPSA) is 37.8 Å².